The van der Waals surface area contributed by atoms with Gasteiger partial charge >= 0.3 is 0 Å². The number of anilines is 1. The van der Waals surface area contributed by atoms with Gasteiger partial charge in [0.15, 0.2) is 0 Å². The van der Waals surface area contributed by atoms with Crippen LogP contribution in [0.2, 0.25) is 0 Å². The van der Waals surface area contributed by atoms with Gasteiger partial charge in [-0.05, 0) is 36.6 Å². The van der Waals surface area contributed by atoms with E-state index in [0.29, 0.717) is 12.1 Å². The lowest BCUT2D eigenvalue weighted by Crippen LogP contribution is -2.47. The summed E-state index contributed by atoms with van der Waals surface area (Å²) in [5.74, 6) is 0. The smallest absolute Gasteiger partial charge is 0.258 e. The summed E-state index contributed by atoms with van der Waals surface area (Å²) in [7, 11) is 0. The number of hydrogen-bond donors (Lipinski definition) is 1. The normalized spacial score (nSPS) is 17.1. The number of halogens is 1. The highest BCUT2D eigenvalue weighted by Gasteiger charge is 2.23. The van der Waals surface area contributed by atoms with E-state index in [4.69, 9.17) is 4.99 Å². The van der Waals surface area contributed by atoms with Gasteiger partial charge in [0.25, 0.3) is 5.56 Å². The summed E-state index contributed by atoms with van der Waals surface area (Å²) in [5, 5.41) is 0. The molecular formula is C24H25FN4O. The van der Waals surface area contributed by atoms with Crippen LogP contribution < -0.4 is 10.5 Å². The third-order valence-electron chi connectivity index (χ3n) is 6.16. The Hall–Kier alpha value is -2.99. The lowest BCUT2D eigenvalue weighted by atomic mass is 9.95. The summed E-state index contributed by atoms with van der Waals surface area (Å²) in [4.78, 5) is 25.1. The quantitative estimate of drug-likeness (QED) is 0.722. The Labute approximate surface area is 175 Å². The molecule has 0 saturated carbocycles. The maximum absolute atomic E-state index is 12.7. The maximum Gasteiger partial charge on any atom is 0.258 e. The lowest BCUT2D eigenvalue weighted by molar-refractivity contribution is 0.235. The Morgan fingerprint density at radius 2 is 1.83 bits per heavy atom. The molecule has 1 N–H and O–H groups in total. The first-order valence-corrected chi connectivity index (χ1v) is 10.6. The average molecular weight is 404 g/mol. The Morgan fingerprint density at radius 1 is 1.00 bits per heavy atom. The zero-order chi connectivity index (χ0) is 20.5. The van der Waals surface area contributed by atoms with Gasteiger partial charge in [-0.15, -0.1) is 0 Å². The van der Waals surface area contributed by atoms with Crippen LogP contribution in [0.3, 0.4) is 0 Å². The van der Waals surface area contributed by atoms with Gasteiger partial charge < -0.3 is 9.88 Å². The first-order chi connectivity index (χ1) is 14.7. The number of aromatic amines is 1. The molecule has 3 aliphatic heterocycles. The minimum Gasteiger partial charge on any atom is -0.369 e. The molecule has 3 heterocycles. The van der Waals surface area contributed by atoms with Gasteiger partial charge in [0.05, 0.1) is 17.0 Å². The number of fused-ring (bicyclic) bond motifs is 2. The van der Waals surface area contributed by atoms with Crippen LogP contribution >= 0.6 is 0 Å². The van der Waals surface area contributed by atoms with E-state index in [1.165, 1.54) is 5.56 Å². The van der Waals surface area contributed by atoms with Crippen LogP contribution in [0.15, 0.2) is 58.3 Å². The molecule has 5 rings (SSSR count). The van der Waals surface area contributed by atoms with E-state index in [1.807, 2.05) is 30.3 Å². The molecule has 1 aliphatic carbocycles. The van der Waals surface area contributed by atoms with E-state index >= 15 is 0 Å². The minimum absolute atomic E-state index is 0.0708. The molecule has 0 atom stereocenters. The standard InChI is InChI=1S/C24H25FN4O/c25-10-11-28-12-14-29(15-13-28)18-8-6-17-7-9-21(26-22(17)16-18)23-19-4-2-1-3-5-20(19)27-24(23)30/h1-6,8,16H,7,9-15H2,(H,27,30). The fourth-order valence-electron chi connectivity index (χ4n) is 4.52. The second kappa shape index (κ2) is 8.03. The van der Waals surface area contributed by atoms with Crippen LogP contribution in [0.1, 0.15) is 17.5 Å². The summed E-state index contributed by atoms with van der Waals surface area (Å²) in [5.41, 5.74) is 6.56. The van der Waals surface area contributed by atoms with Gasteiger partial charge in [-0.1, -0.05) is 30.3 Å². The molecular weight excluding hydrogens is 379 g/mol. The average Bonchev–Trinajstić information content (AvgIpc) is 2.92. The molecule has 4 aliphatic rings. The third kappa shape index (κ3) is 3.52. The van der Waals surface area contributed by atoms with Crippen LogP contribution in [0.4, 0.5) is 15.8 Å². The van der Waals surface area contributed by atoms with Gasteiger partial charge in [-0.25, -0.2) is 4.39 Å². The van der Waals surface area contributed by atoms with Crippen LogP contribution in [-0.2, 0) is 6.42 Å². The van der Waals surface area contributed by atoms with Crippen molar-refractivity contribution in [2.45, 2.75) is 12.8 Å². The van der Waals surface area contributed by atoms with E-state index in [9.17, 15) is 9.18 Å². The number of aryl methyl sites for hydroxylation is 1. The van der Waals surface area contributed by atoms with E-state index < -0.39 is 0 Å². The molecule has 1 aromatic carbocycles. The highest BCUT2D eigenvalue weighted by atomic mass is 19.1. The molecule has 5 nitrogen and oxygen atoms in total. The van der Waals surface area contributed by atoms with Crippen LogP contribution in [0.5, 0.6) is 0 Å². The van der Waals surface area contributed by atoms with Crippen molar-refractivity contribution >= 4 is 17.1 Å². The van der Waals surface area contributed by atoms with Crippen LogP contribution in [-0.4, -0.2) is 55.0 Å². The summed E-state index contributed by atoms with van der Waals surface area (Å²) < 4.78 is 12.6. The largest absolute Gasteiger partial charge is 0.369 e. The molecule has 154 valence electrons. The van der Waals surface area contributed by atoms with Crippen molar-refractivity contribution in [2.75, 3.05) is 44.3 Å². The van der Waals surface area contributed by atoms with E-state index in [0.717, 1.165) is 67.4 Å². The van der Waals surface area contributed by atoms with Gasteiger partial charge in [0, 0.05) is 49.7 Å². The van der Waals surface area contributed by atoms with Crippen molar-refractivity contribution < 1.29 is 4.39 Å². The van der Waals surface area contributed by atoms with E-state index in [-0.39, 0.29) is 12.2 Å². The molecule has 6 heteroatoms. The van der Waals surface area contributed by atoms with Gasteiger partial charge in [0.1, 0.15) is 6.67 Å². The van der Waals surface area contributed by atoms with E-state index in [2.05, 4.69) is 33.0 Å². The number of nitrogens with one attached hydrogen (secondary N) is 1. The Balaban J connectivity index is 1.45. The number of aliphatic imine (C=N–C) groups is 1. The highest BCUT2D eigenvalue weighted by Crippen LogP contribution is 2.33. The summed E-state index contributed by atoms with van der Waals surface area (Å²) in [6, 6.07) is 16.2. The monoisotopic (exact) mass is 404 g/mol. The maximum atomic E-state index is 12.7. The molecule has 0 bridgehead atoms. The number of rotatable bonds is 4. The predicted octanol–water partition coefficient (Wildman–Crippen LogP) is 3.64. The zero-order valence-electron chi connectivity index (χ0n) is 16.9. The number of hydrogen-bond acceptors (Lipinski definition) is 4. The Bertz CT molecular complexity index is 1110. The number of alkyl halides is 1. The van der Waals surface area contributed by atoms with Gasteiger partial charge in [-0.2, -0.15) is 0 Å². The molecule has 0 amide bonds. The minimum atomic E-state index is -0.288. The number of piperazine rings is 1. The summed E-state index contributed by atoms with van der Waals surface area (Å²) >= 11 is 0. The topological polar surface area (TPSA) is 51.7 Å². The second-order valence-electron chi connectivity index (χ2n) is 7.96. The Morgan fingerprint density at radius 3 is 2.67 bits per heavy atom. The SMILES string of the molecule is O=c1[nH]c2cccccc-2c1C1=Nc2cc(N3CCN(CCF)CC3)ccc2CC1. The van der Waals surface area contributed by atoms with Crippen LogP contribution in [0, 0.1) is 0 Å². The van der Waals surface area contributed by atoms with E-state index in [1.54, 1.807) is 0 Å². The Kier molecular flexibility index (Phi) is 5.09. The number of nitrogens with zero attached hydrogens (tertiary/aromatic N) is 3. The van der Waals surface area contributed by atoms with Crippen molar-refractivity contribution in [2.24, 2.45) is 4.99 Å². The number of benzene rings is 1. The number of aromatic nitrogens is 1. The number of H-pyrrole nitrogens is 1. The van der Waals surface area contributed by atoms with Crippen molar-refractivity contribution in [1.82, 2.24) is 9.88 Å². The summed E-state index contributed by atoms with van der Waals surface area (Å²) in [6.07, 6.45) is 1.64. The lowest BCUT2D eigenvalue weighted by Gasteiger charge is -2.36. The molecule has 1 saturated heterocycles. The molecule has 0 spiro atoms. The molecule has 0 aromatic heterocycles. The third-order valence-corrected chi connectivity index (χ3v) is 6.16. The molecule has 1 aromatic rings. The van der Waals surface area contributed by atoms with Crippen LogP contribution in [0.25, 0.3) is 11.3 Å². The fourth-order valence-corrected chi connectivity index (χ4v) is 4.52. The predicted molar refractivity (Wildman–Crippen MR) is 119 cm³/mol. The fraction of sp³-hybridized carbons (Fsp3) is 0.333. The first-order valence-electron chi connectivity index (χ1n) is 10.6. The van der Waals surface area contributed by atoms with Gasteiger partial charge in [0.2, 0.25) is 0 Å². The summed E-state index contributed by atoms with van der Waals surface area (Å²) in [6.45, 7) is 3.76. The first kappa shape index (κ1) is 19.0. The zero-order valence-corrected chi connectivity index (χ0v) is 16.9. The molecule has 30 heavy (non-hydrogen) atoms. The van der Waals surface area contributed by atoms with Crippen molar-refractivity contribution in [3.8, 4) is 11.3 Å². The molecule has 0 unspecified atom stereocenters. The highest BCUT2D eigenvalue weighted by molar-refractivity contribution is 6.08. The second-order valence-corrected chi connectivity index (χ2v) is 7.96. The van der Waals surface area contributed by atoms with Crippen molar-refractivity contribution in [3.63, 3.8) is 0 Å². The van der Waals surface area contributed by atoms with Crippen molar-refractivity contribution in [1.29, 1.82) is 0 Å². The molecule has 0 radical (unpaired) electrons. The molecule has 1 fully saturated rings. The van der Waals surface area contributed by atoms with Gasteiger partial charge in [-0.3, -0.25) is 14.7 Å². The van der Waals surface area contributed by atoms with Crippen molar-refractivity contribution in [3.05, 3.63) is 70.0 Å².